The average Bonchev–Trinajstić information content (AvgIpc) is 2.44. The number of hydrogen-bond acceptors (Lipinski definition) is 2. The minimum atomic E-state index is 0.718. The third-order valence-corrected chi connectivity index (χ3v) is 4.83. The number of nitrogens with zero attached hydrogens (tertiary/aromatic N) is 1. The van der Waals surface area contributed by atoms with Crippen molar-refractivity contribution < 1.29 is 0 Å². The van der Waals surface area contributed by atoms with Gasteiger partial charge >= 0.3 is 0 Å². The van der Waals surface area contributed by atoms with Gasteiger partial charge in [0.25, 0.3) is 0 Å². The molecule has 1 fully saturated rings. The normalized spacial score (nSPS) is 23.9. The number of rotatable bonds is 11. The Labute approximate surface area is 134 Å². The Kier molecular flexibility index (Phi) is 10.4. The maximum atomic E-state index is 3.72. The SMILES string of the molecule is CCCCCCCCCCN1CC(CC(C)C)NCC1C. The van der Waals surface area contributed by atoms with E-state index in [2.05, 4.69) is 37.9 Å². The molecule has 21 heavy (non-hydrogen) atoms. The summed E-state index contributed by atoms with van der Waals surface area (Å²) in [6, 6.07) is 1.44. The Morgan fingerprint density at radius 2 is 1.62 bits per heavy atom. The highest BCUT2D eigenvalue weighted by molar-refractivity contribution is 4.84. The first-order valence-electron chi connectivity index (χ1n) is 9.61. The van der Waals surface area contributed by atoms with Gasteiger partial charge in [-0.3, -0.25) is 4.90 Å². The Morgan fingerprint density at radius 3 is 2.24 bits per heavy atom. The van der Waals surface area contributed by atoms with Gasteiger partial charge in [-0.25, -0.2) is 0 Å². The van der Waals surface area contributed by atoms with E-state index in [-0.39, 0.29) is 0 Å². The summed E-state index contributed by atoms with van der Waals surface area (Å²) in [6.07, 6.45) is 12.7. The lowest BCUT2D eigenvalue weighted by molar-refractivity contribution is 0.129. The molecule has 126 valence electrons. The van der Waals surface area contributed by atoms with E-state index in [1.54, 1.807) is 0 Å². The zero-order valence-electron chi connectivity index (χ0n) is 15.2. The van der Waals surface area contributed by atoms with Gasteiger partial charge in [0.15, 0.2) is 0 Å². The van der Waals surface area contributed by atoms with E-state index >= 15 is 0 Å². The van der Waals surface area contributed by atoms with Crippen LogP contribution in [0.25, 0.3) is 0 Å². The van der Waals surface area contributed by atoms with Gasteiger partial charge < -0.3 is 5.32 Å². The molecular formula is C19H40N2. The van der Waals surface area contributed by atoms with Crippen LogP contribution in [0.3, 0.4) is 0 Å². The Morgan fingerprint density at radius 1 is 1.00 bits per heavy atom. The van der Waals surface area contributed by atoms with Crippen LogP contribution in [-0.2, 0) is 0 Å². The fourth-order valence-electron chi connectivity index (χ4n) is 3.48. The lowest BCUT2D eigenvalue weighted by atomic mass is 10.00. The van der Waals surface area contributed by atoms with Crippen LogP contribution in [0, 0.1) is 5.92 Å². The van der Waals surface area contributed by atoms with Gasteiger partial charge in [-0.15, -0.1) is 0 Å². The molecule has 1 aliphatic rings. The number of unbranched alkanes of at least 4 members (excludes halogenated alkanes) is 7. The summed E-state index contributed by atoms with van der Waals surface area (Å²) < 4.78 is 0. The highest BCUT2D eigenvalue weighted by Gasteiger charge is 2.24. The van der Waals surface area contributed by atoms with Gasteiger partial charge in [0, 0.05) is 25.2 Å². The van der Waals surface area contributed by atoms with Crippen molar-refractivity contribution in [3.05, 3.63) is 0 Å². The second-order valence-electron chi connectivity index (χ2n) is 7.55. The van der Waals surface area contributed by atoms with Gasteiger partial charge in [0.05, 0.1) is 0 Å². The maximum absolute atomic E-state index is 3.72. The Hall–Kier alpha value is -0.0800. The van der Waals surface area contributed by atoms with Crippen molar-refractivity contribution in [3.63, 3.8) is 0 Å². The Bertz CT molecular complexity index is 240. The van der Waals surface area contributed by atoms with Crippen LogP contribution in [-0.4, -0.2) is 36.6 Å². The van der Waals surface area contributed by atoms with Crippen molar-refractivity contribution in [2.45, 2.75) is 97.6 Å². The van der Waals surface area contributed by atoms with Crippen molar-refractivity contribution in [2.75, 3.05) is 19.6 Å². The summed E-state index contributed by atoms with van der Waals surface area (Å²) in [6.45, 7) is 13.1. The van der Waals surface area contributed by atoms with Gasteiger partial charge in [-0.2, -0.15) is 0 Å². The van der Waals surface area contributed by atoms with Gasteiger partial charge in [-0.05, 0) is 32.2 Å². The summed E-state index contributed by atoms with van der Waals surface area (Å²) in [5, 5.41) is 3.72. The third-order valence-electron chi connectivity index (χ3n) is 4.83. The molecule has 1 aliphatic heterocycles. The maximum Gasteiger partial charge on any atom is 0.0198 e. The molecule has 0 amide bonds. The molecular weight excluding hydrogens is 256 g/mol. The fourth-order valence-corrected chi connectivity index (χ4v) is 3.48. The van der Waals surface area contributed by atoms with Crippen LogP contribution in [0.5, 0.6) is 0 Å². The molecule has 0 aromatic heterocycles. The molecule has 0 aromatic carbocycles. The van der Waals surface area contributed by atoms with Crippen molar-refractivity contribution in [3.8, 4) is 0 Å². The highest BCUT2D eigenvalue weighted by Crippen LogP contribution is 2.15. The first-order valence-corrected chi connectivity index (χ1v) is 9.61. The van der Waals surface area contributed by atoms with Crippen LogP contribution in [0.1, 0.15) is 85.5 Å². The van der Waals surface area contributed by atoms with Crippen molar-refractivity contribution in [2.24, 2.45) is 5.92 Å². The molecule has 0 bridgehead atoms. The topological polar surface area (TPSA) is 15.3 Å². The molecule has 1 N–H and O–H groups in total. The lowest BCUT2D eigenvalue weighted by Gasteiger charge is -2.39. The molecule has 2 nitrogen and oxygen atoms in total. The van der Waals surface area contributed by atoms with Crippen molar-refractivity contribution in [1.82, 2.24) is 10.2 Å². The van der Waals surface area contributed by atoms with Gasteiger partial charge in [0.2, 0.25) is 0 Å². The predicted octanol–water partition coefficient (Wildman–Crippen LogP) is 4.84. The smallest absolute Gasteiger partial charge is 0.0198 e. The molecule has 0 aliphatic carbocycles. The molecule has 0 saturated carbocycles. The third kappa shape index (κ3) is 8.83. The van der Waals surface area contributed by atoms with Crippen LogP contribution in [0.4, 0.5) is 0 Å². The van der Waals surface area contributed by atoms with Gasteiger partial charge in [-0.1, -0.05) is 65.7 Å². The quantitative estimate of drug-likeness (QED) is 0.549. The van der Waals surface area contributed by atoms with E-state index in [9.17, 15) is 0 Å². The molecule has 0 aromatic rings. The standard InChI is InChI=1S/C19H40N2/c1-5-6-7-8-9-10-11-12-13-21-16-19(14-17(2)3)20-15-18(21)4/h17-20H,5-16H2,1-4H3. The van der Waals surface area contributed by atoms with Crippen LogP contribution < -0.4 is 5.32 Å². The number of piperazine rings is 1. The lowest BCUT2D eigenvalue weighted by Crippen LogP contribution is -2.55. The van der Waals surface area contributed by atoms with Gasteiger partial charge in [0.1, 0.15) is 0 Å². The van der Waals surface area contributed by atoms with E-state index in [1.807, 2.05) is 0 Å². The van der Waals surface area contributed by atoms with Crippen LogP contribution >= 0.6 is 0 Å². The number of nitrogens with one attached hydrogen (secondary N) is 1. The molecule has 0 radical (unpaired) electrons. The molecule has 2 atom stereocenters. The summed E-state index contributed by atoms with van der Waals surface area (Å²) in [5.74, 6) is 0.806. The van der Waals surface area contributed by atoms with E-state index in [1.165, 1.54) is 77.4 Å². The van der Waals surface area contributed by atoms with Crippen molar-refractivity contribution >= 4 is 0 Å². The average molecular weight is 297 g/mol. The zero-order chi connectivity index (χ0) is 15.5. The fraction of sp³-hybridized carbons (Fsp3) is 1.00. The molecule has 2 unspecified atom stereocenters. The minimum absolute atomic E-state index is 0.718. The molecule has 1 saturated heterocycles. The van der Waals surface area contributed by atoms with E-state index in [0.717, 1.165) is 18.0 Å². The molecule has 0 spiro atoms. The molecule has 1 rings (SSSR count). The van der Waals surface area contributed by atoms with E-state index in [4.69, 9.17) is 0 Å². The summed E-state index contributed by atoms with van der Waals surface area (Å²) >= 11 is 0. The monoisotopic (exact) mass is 296 g/mol. The largest absolute Gasteiger partial charge is 0.311 e. The predicted molar refractivity (Wildman–Crippen MR) is 94.9 cm³/mol. The van der Waals surface area contributed by atoms with Crippen LogP contribution in [0.15, 0.2) is 0 Å². The summed E-state index contributed by atoms with van der Waals surface area (Å²) in [4.78, 5) is 2.72. The van der Waals surface area contributed by atoms with E-state index < -0.39 is 0 Å². The second kappa shape index (κ2) is 11.5. The first-order chi connectivity index (χ1) is 10.1. The second-order valence-corrected chi connectivity index (χ2v) is 7.55. The number of hydrogen-bond donors (Lipinski definition) is 1. The summed E-state index contributed by atoms with van der Waals surface area (Å²) in [7, 11) is 0. The minimum Gasteiger partial charge on any atom is -0.311 e. The molecule has 2 heteroatoms. The van der Waals surface area contributed by atoms with Crippen molar-refractivity contribution in [1.29, 1.82) is 0 Å². The zero-order valence-corrected chi connectivity index (χ0v) is 15.2. The summed E-state index contributed by atoms with van der Waals surface area (Å²) in [5.41, 5.74) is 0. The molecule has 1 heterocycles. The highest BCUT2D eigenvalue weighted by atomic mass is 15.2. The first kappa shape index (κ1) is 19.0. The Balaban J connectivity index is 2.06. The van der Waals surface area contributed by atoms with E-state index in [0.29, 0.717) is 0 Å². The van der Waals surface area contributed by atoms with Crippen LogP contribution in [0.2, 0.25) is 0 Å².